The van der Waals surface area contributed by atoms with Crippen LogP contribution in [0.25, 0.3) is 0 Å². The maximum atomic E-state index is 5.35. The van der Waals surface area contributed by atoms with Crippen molar-refractivity contribution in [1.29, 1.82) is 0 Å². The van der Waals surface area contributed by atoms with Crippen molar-refractivity contribution in [3.63, 3.8) is 0 Å². The topological polar surface area (TPSA) is 22.1 Å². The molecule has 0 saturated carbocycles. The van der Waals surface area contributed by atoms with Gasteiger partial charge in [0.1, 0.15) is 0 Å². The predicted octanol–water partition coefficient (Wildman–Crippen LogP) is 1.89. The van der Waals surface area contributed by atoms with Crippen molar-refractivity contribution < 1.29 is 4.74 Å². The first-order chi connectivity index (χ1) is 5.27. The zero-order valence-corrected chi connectivity index (χ0v) is 6.79. The second kappa shape index (κ2) is 2.22. The Hall–Kier alpha value is -1.05. The Morgan fingerprint density at radius 3 is 3.27 bits per heavy atom. The molecule has 2 heteroatoms. The van der Waals surface area contributed by atoms with E-state index in [4.69, 9.17) is 4.74 Å². The summed E-state index contributed by atoms with van der Waals surface area (Å²) in [4.78, 5) is 4.19. The Bertz CT molecular complexity index is 283. The van der Waals surface area contributed by atoms with Gasteiger partial charge in [0.05, 0.1) is 6.61 Å². The molecule has 2 nitrogen and oxygen atoms in total. The lowest BCUT2D eigenvalue weighted by atomic mass is 10.0. The number of hydrogen-bond acceptors (Lipinski definition) is 2. The fourth-order valence-corrected chi connectivity index (χ4v) is 1.35. The molecule has 58 valence electrons. The number of rotatable bonds is 0. The van der Waals surface area contributed by atoms with Crippen LogP contribution in [0.1, 0.15) is 24.0 Å². The van der Waals surface area contributed by atoms with E-state index >= 15 is 0 Å². The Morgan fingerprint density at radius 1 is 1.64 bits per heavy atom. The van der Waals surface area contributed by atoms with E-state index in [0.29, 0.717) is 5.92 Å². The molecule has 0 bridgehead atoms. The van der Waals surface area contributed by atoms with Crippen LogP contribution in [0.5, 0.6) is 5.88 Å². The van der Waals surface area contributed by atoms with E-state index in [1.54, 1.807) is 0 Å². The third-order valence-corrected chi connectivity index (χ3v) is 2.02. The molecule has 1 aromatic heterocycles. The van der Waals surface area contributed by atoms with Crippen molar-refractivity contribution in [1.82, 2.24) is 4.98 Å². The van der Waals surface area contributed by atoms with Crippen LogP contribution in [0.15, 0.2) is 12.3 Å². The van der Waals surface area contributed by atoms with Gasteiger partial charge in [-0.15, -0.1) is 0 Å². The molecule has 0 saturated heterocycles. The van der Waals surface area contributed by atoms with E-state index < -0.39 is 0 Å². The first-order valence-electron chi connectivity index (χ1n) is 3.86. The lowest BCUT2D eigenvalue weighted by Gasteiger charge is -1.99. The maximum absolute atomic E-state index is 5.35. The van der Waals surface area contributed by atoms with E-state index in [-0.39, 0.29) is 0 Å². The van der Waals surface area contributed by atoms with E-state index in [9.17, 15) is 0 Å². The highest BCUT2D eigenvalue weighted by Gasteiger charge is 2.20. The zero-order chi connectivity index (χ0) is 7.84. The molecule has 0 aliphatic carbocycles. The highest BCUT2D eigenvalue weighted by atomic mass is 16.5. The average Bonchev–Trinajstić information content (AvgIpc) is 2.33. The third-order valence-electron chi connectivity index (χ3n) is 2.02. The van der Waals surface area contributed by atoms with Gasteiger partial charge in [-0.1, -0.05) is 6.92 Å². The van der Waals surface area contributed by atoms with Gasteiger partial charge in [0.25, 0.3) is 0 Å². The number of fused-ring (bicyclic) bond motifs is 1. The van der Waals surface area contributed by atoms with Gasteiger partial charge in [0.15, 0.2) is 0 Å². The van der Waals surface area contributed by atoms with E-state index in [0.717, 1.165) is 12.5 Å². The lowest BCUT2D eigenvalue weighted by molar-refractivity contribution is 0.327. The Labute approximate surface area is 66.2 Å². The smallest absolute Gasteiger partial charge is 0.216 e. The van der Waals surface area contributed by atoms with Crippen LogP contribution in [0.4, 0.5) is 0 Å². The van der Waals surface area contributed by atoms with Crippen LogP contribution >= 0.6 is 0 Å². The Morgan fingerprint density at radius 2 is 2.45 bits per heavy atom. The highest BCUT2D eigenvalue weighted by Crippen LogP contribution is 2.31. The molecule has 1 aliphatic rings. The van der Waals surface area contributed by atoms with Crippen molar-refractivity contribution in [2.24, 2.45) is 0 Å². The lowest BCUT2D eigenvalue weighted by Crippen LogP contribution is -1.93. The van der Waals surface area contributed by atoms with Crippen molar-refractivity contribution in [2.75, 3.05) is 6.61 Å². The van der Waals surface area contributed by atoms with E-state index in [1.165, 1.54) is 11.1 Å². The summed E-state index contributed by atoms with van der Waals surface area (Å²) >= 11 is 0. The summed E-state index contributed by atoms with van der Waals surface area (Å²) in [6.45, 7) is 5.00. The van der Waals surface area contributed by atoms with Gasteiger partial charge < -0.3 is 4.74 Å². The number of aryl methyl sites for hydroxylation is 1. The summed E-state index contributed by atoms with van der Waals surface area (Å²) < 4.78 is 5.35. The summed E-state index contributed by atoms with van der Waals surface area (Å²) in [7, 11) is 0. The summed E-state index contributed by atoms with van der Waals surface area (Å²) in [6, 6.07) is 2.15. The molecule has 2 rings (SSSR count). The number of nitrogens with zero attached hydrogens (tertiary/aromatic N) is 1. The maximum Gasteiger partial charge on any atom is 0.216 e. The molecule has 0 N–H and O–H groups in total. The molecule has 1 atom stereocenters. The van der Waals surface area contributed by atoms with Crippen LogP contribution in [0.3, 0.4) is 0 Å². The number of hydrogen-bond donors (Lipinski definition) is 0. The van der Waals surface area contributed by atoms with Crippen LogP contribution in [-0.2, 0) is 0 Å². The number of ether oxygens (including phenoxy) is 1. The minimum absolute atomic E-state index is 0.511. The molecular formula is C9H11NO. The molecule has 0 aromatic carbocycles. The van der Waals surface area contributed by atoms with Crippen LogP contribution in [0.2, 0.25) is 0 Å². The molecule has 0 amide bonds. The van der Waals surface area contributed by atoms with Crippen molar-refractivity contribution in [3.8, 4) is 5.88 Å². The van der Waals surface area contributed by atoms with Gasteiger partial charge in [-0.25, -0.2) is 4.98 Å². The molecule has 0 radical (unpaired) electrons. The average molecular weight is 149 g/mol. The van der Waals surface area contributed by atoms with Crippen molar-refractivity contribution in [2.45, 2.75) is 19.8 Å². The highest BCUT2D eigenvalue weighted by molar-refractivity contribution is 5.35. The van der Waals surface area contributed by atoms with Gasteiger partial charge >= 0.3 is 0 Å². The number of aromatic nitrogens is 1. The van der Waals surface area contributed by atoms with Gasteiger partial charge in [0.2, 0.25) is 5.88 Å². The molecule has 0 spiro atoms. The first kappa shape index (κ1) is 6.65. The minimum Gasteiger partial charge on any atom is -0.477 e. The van der Waals surface area contributed by atoms with Crippen molar-refractivity contribution >= 4 is 0 Å². The molecule has 11 heavy (non-hydrogen) atoms. The Kier molecular flexibility index (Phi) is 1.34. The minimum atomic E-state index is 0.511. The molecule has 1 aromatic rings. The molecule has 2 heterocycles. The fourth-order valence-electron chi connectivity index (χ4n) is 1.35. The molecule has 1 unspecified atom stereocenters. The fraction of sp³-hybridized carbons (Fsp3) is 0.444. The van der Waals surface area contributed by atoms with E-state index in [1.807, 2.05) is 6.20 Å². The van der Waals surface area contributed by atoms with E-state index in [2.05, 4.69) is 24.9 Å². The quantitative estimate of drug-likeness (QED) is 0.562. The van der Waals surface area contributed by atoms with Crippen LogP contribution in [-0.4, -0.2) is 11.6 Å². The second-order valence-electron chi connectivity index (χ2n) is 3.12. The van der Waals surface area contributed by atoms with Gasteiger partial charge in [-0.05, 0) is 18.6 Å². The SMILES string of the molecule is Cc1cnc2c(c1)C(C)CO2. The van der Waals surface area contributed by atoms with Crippen LogP contribution in [0, 0.1) is 6.92 Å². The monoisotopic (exact) mass is 149 g/mol. The predicted molar refractivity (Wildman–Crippen MR) is 42.9 cm³/mol. The largest absolute Gasteiger partial charge is 0.477 e. The van der Waals surface area contributed by atoms with Gasteiger partial charge in [-0.2, -0.15) is 0 Å². The summed E-state index contributed by atoms with van der Waals surface area (Å²) in [5.41, 5.74) is 2.46. The zero-order valence-electron chi connectivity index (χ0n) is 6.79. The molecule has 1 aliphatic heterocycles. The summed E-state index contributed by atoms with van der Waals surface area (Å²) in [6.07, 6.45) is 1.84. The Balaban J connectivity index is 2.52. The second-order valence-corrected chi connectivity index (χ2v) is 3.12. The van der Waals surface area contributed by atoms with Gasteiger partial charge in [-0.3, -0.25) is 0 Å². The first-order valence-corrected chi connectivity index (χ1v) is 3.86. The van der Waals surface area contributed by atoms with Crippen molar-refractivity contribution in [3.05, 3.63) is 23.4 Å². The number of pyridine rings is 1. The standard InChI is InChI=1S/C9H11NO/c1-6-3-8-7(2)5-11-9(8)10-4-6/h3-4,7H,5H2,1-2H3. The summed E-state index contributed by atoms with van der Waals surface area (Å²) in [5.74, 6) is 1.33. The summed E-state index contributed by atoms with van der Waals surface area (Å²) in [5, 5.41) is 0. The van der Waals surface area contributed by atoms with Crippen LogP contribution < -0.4 is 4.74 Å². The normalized spacial score (nSPS) is 21.1. The van der Waals surface area contributed by atoms with Gasteiger partial charge in [0, 0.05) is 17.7 Å². The third kappa shape index (κ3) is 0.985. The molecule has 0 fully saturated rings. The molecular weight excluding hydrogens is 138 g/mol.